The van der Waals surface area contributed by atoms with Gasteiger partial charge in [-0.25, -0.2) is 4.68 Å². The SMILES string of the molecule is C[C@@H]1C[C@H](C(F)(F)F)n2nc([C@H]3CCCN3C(=O)[C@H]3CC=CCC3)cc2N1. The molecule has 4 rings (SSSR count). The van der Waals surface area contributed by atoms with Crippen LogP contribution in [0.1, 0.15) is 63.2 Å². The summed E-state index contributed by atoms with van der Waals surface area (Å²) < 4.78 is 41.5. The fourth-order valence-electron chi connectivity index (χ4n) is 4.53. The van der Waals surface area contributed by atoms with E-state index in [4.69, 9.17) is 0 Å². The molecule has 0 spiro atoms. The number of aromatic nitrogens is 2. The fourth-order valence-corrected chi connectivity index (χ4v) is 4.53. The minimum absolute atomic E-state index is 0.0195. The van der Waals surface area contributed by atoms with Crippen molar-refractivity contribution in [3.8, 4) is 0 Å². The molecule has 1 fully saturated rings. The predicted molar refractivity (Wildman–Crippen MR) is 95.2 cm³/mol. The molecule has 8 heteroatoms. The molecule has 148 valence electrons. The molecular formula is C19H25F3N4O. The van der Waals surface area contributed by atoms with E-state index in [1.54, 1.807) is 13.0 Å². The highest BCUT2D eigenvalue weighted by Gasteiger charge is 2.46. The Hall–Kier alpha value is -1.99. The molecule has 1 N–H and O–H groups in total. The predicted octanol–water partition coefficient (Wildman–Crippen LogP) is 4.21. The van der Waals surface area contributed by atoms with Gasteiger partial charge in [-0.2, -0.15) is 18.3 Å². The molecule has 0 radical (unpaired) electrons. The van der Waals surface area contributed by atoms with Crippen molar-refractivity contribution in [2.24, 2.45) is 5.92 Å². The number of carbonyl (C=O) groups is 1. The maximum Gasteiger partial charge on any atom is 0.410 e. The van der Waals surface area contributed by atoms with Gasteiger partial charge in [0.05, 0.1) is 11.7 Å². The third-order valence-electron chi connectivity index (χ3n) is 5.89. The van der Waals surface area contributed by atoms with Crippen LogP contribution in [0.15, 0.2) is 18.2 Å². The lowest BCUT2D eigenvalue weighted by atomic mass is 9.92. The summed E-state index contributed by atoms with van der Waals surface area (Å²) in [7, 11) is 0. The number of nitrogens with zero attached hydrogens (tertiary/aromatic N) is 3. The van der Waals surface area contributed by atoms with Crippen LogP contribution in [0.5, 0.6) is 0 Å². The van der Waals surface area contributed by atoms with E-state index in [9.17, 15) is 18.0 Å². The van der Waals surface area contributed by atoms with Crippen LogP contribution in [0, 0.1) is 5.92 Å². The Morgan fingerprint density at radius 2 is 2.11 bits per heavy atom. The van der Waals surface area contributed by atoms with Crippen molar-refractivity contribution in [3.05, 3.63) is 23.9 Å². The lowest BCUT2D eigenvalue weighted by Crippen LogP contribution is -2.38. The summed E-state index contributed by atoms with van der Waals surface area (Å²) in [5, 5.41) is 7.42. The van der Waals surface area contributed by atoms with E-state index < -0.39 is 12.2 Å². The van der Waals surface area contributed by atoms with Gasteiger partial charge >= 0.3 is 6.18 Å². The quantitative estimate of drug-likeness (QED) is 0.780. The highest BCUT2D eigenvalue weighted by molar-refractivity contribution is 5.80. The molecule has 27 heavy (non-hydrogen) atoms. The highest BCUT2D eigenvalue weighted by atomic mass is 19.4. The molecule has 0 aromatic carbocycles. The number of anilines is 1. The Morgan fingerprint density at radius 1 is 1.30 bits per heavy atom. The minimum Gasteiger partial charge on any atom is -0.368 e. The van der Waals surface area contributed by atoms with E-state index in [0.717, 1.165) is 36.8 Å². The maximum absolute atomic E-state index is 13.5. The van der Waals surface area contributed by atoms with E-state index in [1.807, 2.05) is 11.0 Å². The van der Waals surface area contributed by atoms with Crippen LogP contribution in [-0.2, 0) is 4.79 Å². The Balaban J connectivity index is 1.60. The number of fused-ring (bicyclic) bond motifs is 1. The van der Waals surface area contributed by atoms with Gasteiger partial charge in [0, 0.05) is 24.6 Å². The van der Waals surface area contributed by atoms with Crippen LogP contribution in [0.4, 0.5) is 19.0 Å². The molecule has 1 aromatic heterocycles. The second kappa shape index (κ2) is 6.87. The first kappa shape index (κ1) is 18.4. The van der Waals surface area contributed by atoms with Gasteiger partial charge in [-0.15, -0.1) is 0 Å². The van der Waals surface area contributed by atoms with Crippen LogP contribution < -0.4 is 5.32 Å². The Morgan fingerprint density at radius 3 is 2.81 bits per heavy atom. The van der Waals surface area contributed by atoms with Crippen molar-refractivity contribution in [1.82, 2.24) is 14.7 Å². The van der Waals surface area contributed by atoms with Crippen molar-refractivity contribution in [2.75, 3.05) is 11.9 Å². The number of hydrogen-bond acceptors (Lipinski definition) is 3. The molecule has 5 nitrogen and oxygen atoms in total. The first-order valence-corrected chi connectivity index (χ1v) is 9.72. The molecule has 1 saturated heterocycles. The molecule has 3 aliphatic rings. The molecule has 4 atom stereocenters. The Kier molecular flexibility index (Phi) is 4.68. The Bertz CT molecular complexity index is 742. The van der Waals surface area contributed by atoms with E-state index in [-0.39, 0.29) is 30.3 Å². The summed E-state index contributed by atoms with van der Waals surface area (Å²) in [6, 6.07) is -0.422. The first-order valence-electron chi connectivity index (χ1n) is 9.72. The van der Waals surface area contributed by atoms with Crippen molar-refractivity contribution in [1.29, 1.82) is 0 Å². The molecule has 3 heterocycles. The lowest BCUT2D eigenvalue weighted by Gasteiger charge is -2.31. The monoisotopic (exact) mass is 382 g/mol. The fraction of sp³-hybridized carbons (Fsp3) is 0.684. The summed E-state index contributed by atoms with van der Waals surface area (Å²) in [5.41, 5.74) is 0.568. The third kappa shape index (κ3) is 3.46. The van der Waals surface area contributed by atoms with Gasteiger partial charge in [0.25, 0.3) is 0 Å². The standard InChI is InChI=1S/C19H25F3N4O/c1-12-10-16(19(20,21)22)26-17(23-12)11-14(24-26)15-8-5-9-25(15)18(27)13-6-3-2-4-7-13/h2-3,11-13,15-16,23H,4-10H2,1H3/t12-,13+,15-,16-/m1/s1. The highest BCUT2D eigenvalue weighted by Crippen LogP contribution is 2.42. The van der Waals surface area contributed by atoms with Gasteiger partial charge in [0.2, 0.25) is 5.91 Å². The number of rotatable bonds is 2. The molecule has 2 aliphatic heterocycles. The molecule has 0 bridgehead atoms. The summed E-state index contributed by atoms with van der Waals surface area (Å²) >= 11 is 0. The molecule has 1 aromatic rings. The van der Waals surface area contributed by atoms with Gasteiger partial charge in [0.15, 0.2) is 6.04 Å². The average molecular weight is 382 g/mol. The van der Waals surface area contributed by atoms with Gasteiger partial charge in [-0.1, -0.05) is 12.2 Å². The zero-order chi connectivity index (χ0) is 19.2. The second-order valence-corrected chi connectivity index (χ2v) is 7.91. The Labute approximate surface area is 156 Å². The number of hydrogen-bond donors (Lipinski definition) is 1. The van der Waals surface area contributed by atoms with Crippen LogP contribution in [-0.4, -0.2) is 39.4 Å². The zero-order valence-corrected chi connectivity index (χ0v) is 15.4. The van der Waals surface area contributed by atoms with E-state index in [0.29, 0.717) is 18.1 Å². The lowest BCUT2D eigenvalue weighted by molar-refractivity contribution is -0.173. The number of carbonyl (C=O) groups excluding carboxylic acids is 1. The number of alkyl halides is 3. The van der Waals surface area contributed by atoms with E-state index in [1.165, 1.54) is 0 Å². The smallest absolute Gasteiger partial charge is 0.368 e. The van der Waals surface area contributed by atoms with Crippen molar-refractivity contribution in [2.45, 2.75) is 69.8 Å². The number of halogens is 3. The van der Waals surface area contributed by atoms with Crippen molar-refractivity contribution >= 4 is 11.7 Å². The second-order valence-electron chi connectivity index (χ2n) is 7.91. The van der Waals surface area contributed by atoms with Crippen LogP contribution in [0.2, 0.25) is 0 Å². The van der Waals surface area contributed by atoms with Gasteiger partial charge in [-0.3, -0.25) is 4.79 Å². The van der Waals surface area contributed by atoms with Crippen LogP contribution in [0.25, 0.3) is 0 Å². The van der Waals surface area contributed by atoms with Gasteiger partial charge in [-0.05, 0) is 45.4 Å². The normalized spacial score (nSPS) is 30.9. The van der Waals surface area contributed by atoms with Crippen LogP contribution in [0.3, 0.4) is 0 Å². The summed E-state index contributed by atoms with van der Waals surface area (Å²) in [6.07, 6.45) is 3.86. The maximum atomic E-state index is 13.5. The first-order chi connectivity index (χ1) is 12.8. The molecular weight excluding hydrogens is 357 g/mol. The van der Waals surface area contributed by atoms with Gasteiger partial charge < -0.3 is 10.2 Å². The number of nitrogens with one attached hydrogen (secondary N) is 1. The van der Waals surface area contributed by atoms with Gasteiger partial charge in [0.1, 0.15) is 5.82 Å². The van der Waals surface area contributed by atoms with Crippen LogP contribution >= 0.6 is 0 Å². The number of allylic oxidation sites excluding steroid dienone is 2. The van der Waals surface area contributed by atoms with E-state index in [2.05, 4.69) is 16.5 Å². The largest absolute Gasteiger partial charge is 0.410 e. The molecule has 1 aliphatic carbocycles. The molecule has 0 saturated carbocycles. The zero-order valence-electron chi connectivity index (χ0n) is 15.4. The minimum atomic E-state index is -4.34. The van der Waals surface area contributed by atoms with Crippen molar-refractivity contribution in [3.63, 3.8) is 0 Å². The summed E-state index contributed by atoms with van der Waals surface area (Å²) in [5.74, 6) is 0.487. The molecule has 1 amide bonds. The number of likely N-dealkylation sites (tertiary alicyclic amines) is 1. The molecule has 0 unspecified atom stereocenters. The van der Waals surface area contributed by atoms with Crippen molar-refractivity contribution < 1.29 is 18.0 Å². The average Bonchev–Trinajstić information content (AvgIpc) is 3.26. The number of amides is 1. The van der Waals surface area contributed by atoms with E-state index >= 15 is 0 Å². The summed E-state index contributed by atoms with van der Waals surface area (Å²) in [4.78, 5) is 14.8. The summed E-state index contributed by atoms with van der Waals surface area (Å²) in [6.45, 7) is 2.40. The topological polar surface area (TPSA) is 50.2 Å². The third-order valence-corrected chi connectivity index (χ3v) is 5.89.